The van der Waals surface area contributed by atoms with Crippen molar-refractivity contribution in [2.24, 2.45) is 5.73 Å². The topological polar surface area (TPSA) is 80.5 Å². The molecule has 0 atom stereocenters. The van der Waals surface area contributed by atoms with E-state index in [1.807, 2.05) is 17.6 Å². The fraction of sp³-hybridized carbons (Fsp3) is 0.250. The predicted molar refractivity (Wildman–Crippen MR) is 72.4 cm³/mol. The zero-order chi connectivity index (χ0) is 12.4. The third kappa shape index (κ3) is 2.12. The molecular weight excluding hydrogens is 246 g/mol. The highest BCUT2D eigenvalue weighted by atomic mass is 32.1. The van der Waals surface area contributed by atoms with E-state index in [4.69, 9.17) is 5.73 Å². The molecule has 92 valence electrons. The van der Waals surface area contributed by atoms with Crippen LogP contribution in [0.3, 0.4) is 0 Å². The summed E-state index contributed by atoms with van der Waals surface area (Å²) in [6.07, 6.45) is 3.56. The predicted octanol–water partition coefficient (Wildman–Crippen LogP) is 1.97. The van der Waals surface area contributed by atoms with E-state index < -0.39 is 0 Å². The van der Waals surface area contributed by atoms with Crippen LogP contribution in [0.2, 0.25) is 0 Å². The Balaban J connectivity index is 1.90. The Bertz CT molecular complexity index is 657. The highest BCUT2D eigenvalue weighted by Crippen LogP contribution is 2.23. The fourth-order valence-corrected chi connectivity index (χ4v) is 2.55. The molecule has 0 radical (unpaired) electrons. The van der Waals surface area contributed by atoms with Gasteiger partial charge in [0, 0.05) is 18.2 Å². The van der Waals surface area contributed by atoms with Gasteiger partial charge in [0.25, 0.3) is 0 Å². The lowest BCUT2D eigenvalue weighted by Gasteiger charge is -1.94. The van der Waals surface area contributed by atoms with Crippen LogP contribution in [0.25, 0.3) is 21.6 Å². The molecule has 3 heterocycles. The lowest BCUT2D eigenvalue weighted by Crippen LogP contribution is -2.01. The van der Waals surface area contributed by atoms with Crippen LogP contribution in [0.1, 0.15) is 12.2 Å². The number of aryl methyl sites for hydroxylation is 1. The van der Waals surface area contributed by atoms with Gasteiger partial charge < -0.3 is 5.73 Å². The van der Waals surface area contributed by atoms with Crippen molar-refractivity contribution in [2.75, 3.05) is 6.54 Å². The van der Waals surface area contributed by atoms with E-state index in [0.29, 0.717) is 12.4 Å². The molecule has 0 aliphatic rings. The molecule has 0 unspecified atom stereocenters. The zero-order valence-corrected chi connectivity index (χ0v) is 10.6. The van der Waals surface area contributed by atoms with Crippen molar-refractivity contribution in [1.29, 1.82) is 0 Å². The molecule has 0 saturated heterocycles. The van der Waals surface area contributed by atoms with Gasteiger partial charge in [-0.2, -0.15) is 5.10 Å². The molecule has 3 aromatic heterocycles. The number of hydrogen-bond acceptors (Lipinski definition) is 5. The van der Waals surface area contributed by atoms with Crippen molar-refractivity contribution in [3.63, 3.8) is 0 Å². The standard InChI is InChI=1S/C12H13N5S/c13-4-1-2-11-15-12(17-16-11)8-6-10-9(14-7-8)3-5-18-10/h3,5-7H,1-2,4,13H2,(H,15,16,17). The Labute approximate surface area is 108 Å². The molecule has 0 saturated carbocycles. The number of thiophene rings is 1. The van der Waals surface area contributed by atoms with Gasteiger partial charge in [-0.25, -0.2) is 4.98 Å². The molecule has 3 aromatic rings. The second-order valence-electron chi connectivity index (χ2n) is 4.03. The summed E-state index contributed by atoms with van der Waals surface area (Å²) in [5.41, 5.74) is 7.43. The molecule has 6 heteroatoms. The van der Waals surface area contributed by atoms with Crippen LogP contribution < -0.4 is 5.73 Å². The molecule has 0 aliphatic heterocycles. The molecule has 5 nitrogen and oxygen atoms in total. The number of nitrogens with one attached hydrogen (secondary N) is 1. The number of nitrogens with two attached hydrogens (primary N) is 1. The number of H-pyrrole nitrogens is 1. The van der Waals surface area contributed by atoms with Crippen molar-refractivity contribution in [3.8, 4) is 11.4 Å². The zero-order valence-electron chi connectivity index (χ0n) is 9.76. The first-order chi connectivity index (χ1) is 8.86. The first-order valence-corrected chi connectivity index (χ1v) is 6.70. The first-order valence-electron chi connectivity index (χ1n) is 5.82. The Kier molecular flexibility index (Phi) is 3.04. The van der Waals surface area contributed by atoms with Gasteiger partial charge in [-0.3, -0.25) is 10.1 Å². The number of nitrogens with zero attached hydrogens (tertiary/aromatic N) is 3. The van der Waals surface area contributed by atoms with Crippen molar-refractivity contribution in [1.82, 2.24) is 20.2 Å². The summed E-state index contributed by atoms with van der Waals surface area (Å²) >= 11 is 1.67. The summed E-state index contributed by atoms with van der Waals surface area (Å²) in [5.74, 6) is 1.58. The Morgan fingerprint density at radius 2 is 2.33 bits per heavy atom. The molecular formula is C12H13N5S. The fourth-order valence-electron chi connectivity index (χ4n) is 1.77. The molecule has 0 amide bonds. The average Bonchev–Trinajstić information content (AvgIpc) is 3.04. The second kappa shape index (κ2) is 4.83. The van der Waals surface area contributed by atoms with Crippen LogP contribution >= 0.6 is 11.3 Å². The number of aromatic amines is 1. The van der Waals surface area contributed by atoms with Gasteiger partial charge in [-0.1, -0.05) is 0 Å². The summed E-state index contributed by atoms with van der Waals surface area (Å²) in [6, 6.07) is 4.08. The first kappa shape index (κ1) is 11.3. The monoisotopic (exact) mass is 259 g/mol. The van der Waals surface area contributed by atoms with Crippen LogP contribution in [0.4, 0.5) is 0 Å². The van der Waals surface area contributed by atoms with E-state index >= 15 is 0 Å². The number of pyridine rings is 1. The molecule has 0 spiro atoms. The summed E-state index contributed by atoms with van der Waals surface area (Å²) < 4.78 is 1.15. The Morgan fingerprint density at radius 1 is 1.39 bits per heavy atom. The third-order valence-corrected chi connectivity index (χ3v) is 3.56. The second-order valence-corrected chi connectivity index (χ2v) is 4.97. The van der Waals surface area contributed by atoms with E-state index in [1.165, 1.54) is 0 Å². The van der Waals surface area contributed by atoms with Gasteiger partial charge in [0.15, 0.2) is 5.82 Å². The number of rotatable bonds is 4. The van der Waals surface area contributed by atoms with Crippen LogP contribution in [-0.2, 0) is 6.42 Å². The molecule has 3 rings (SSSR count). The summed E-state index contributed by atoms with van der Waals surface area (Å²) in [4.78, 5) is 8.84. The van der Waals surface area contributed by atoms with E-state index in [-0.39, 0.29) is 0 Å². The summed E-state index contributed by atoms with van der Waals surface area (Å²) in [5, 5.41) is 9.19. The minimum atomic E-state index is 0.665. The van der Waals surface area contributed by atoms with E-state index in [9.17, 15) is 0 Å². The number of aromatic nitrogens is 4. The van der Waals surface area contributed by atoms with E-state index in [1.54, 1.807) is 11.3 Å². The third-order valence-electron chi connectivity index (χ3n) is 2.71. The van der Waals surface area contributed by atoms with Crippen LogP contribution in [0.15, 0.2) is 23.7 Å². The van der Waals surface area contributed by atoms with Crippen LogP contribution in [-0.4, -0.2) is 26.7 Å². The smallest absolute Gasteiger partial charge is 0.182 e. The van der Waals surface area contributed by atoms with Gasteiger partial charge >= 0.3 is 0 Å². The minimum absolute atomic E-state index is 0.665. The van der Waals surface area contributed by atoms with E-state index in [0.717, 1.165) is 34.4 Å². The lowest BCUT2D eigenvalue weighted by molar-refractivity contribution is 0.785. The SMILES string of the molecule is NCCCc1nc(-c2cnc3ccsc3c2)n[nH]1. The van der Waals surface area contributed by atoms with Crippen LogP contribution in [0.5, 0.6) is 0 Å². The molecule has 0 bridgehead atoms. The van der Waals surface area contributed by atoms with Crippen molar-refractivity contribution >= 4 is 21.6 Å². The maximum atomic E-state index is 5.47. The van der Waals surface area contributed by atoms with Crippen molar-refractivity contribution in [2.45, 2.75) is 12.8 Å². The summed E-state index contributed by atoms with van der Waals surface area (Å²) in [6.45, 7) is 0.665. The van der Waals surface area contributed by atoms with Gasteiger partial charge in [0.2, 0.25) is 0 Å². The quantitative estimate of drug-likeness (QED) is 0.750. The number of fused-ring (bicyclic) bond motifs is 1. The van der Waals surface area contributed by atoms with E-state index in [2.05, 4.69) is 26.2 Å². The highest BCUT2D eigenvalue weighted by Gasteiger charge is 2.07. The van der Waals surface area contributed by atoms with Gasteiger partial charge in [-0.15, -0.1) is 11.3 Å². The Morgan fingerprint density at radius 3 is 3.22 bits per heavy atom. The number of hydrogen-bond donors (Lipinski definition) is 2. The average molecular weight is 259 g/mol. The van der Waals surface area contributed by atoms with Gasteiger partial charge in [0.05, 0.1) is 10.2 Å². The van der Waals surface area contributed by atoms with Crippen molar-refractivity contribution in [3.05, 3.63) is 29.5 Å². The molecule has 3 N–H and O–H groups in total. The minimum Gasteiger partial charge on any atom is -0.330 e. The molecule has 0 fully saturated rings. The maximum Gasteiger partial charge on any atom is 0.182 e. The van der Waals surface area contributed by atoms with Crippen LogP contribution in [0, 0.1) is 0 Å². The highest BCUT2D eigenvalue weighted by molar-refractivity contribution is 7.17. The lowest BCUT2D eigenvalue weighted by atomic mass is 10.2. The summed E-state index contributed by atoms with van der Waals surface area (Å²) in [7, 11) is 0. The normalized spacial score (nSPS) is 11.2. The van der Waals surface area contributed by atoms with Gasteiger partial charge in [-0.05, 0) is 30.5 Å². The molecule has 0 aromatic carbocycles. The van der Waals surface area contributed by atoms with Gasteiger partial charge in [0.1, 0.15) is 5.82 Å². The molecule has 18 heavy (non-hydrogen) atoms. The molecule has 0 aliphatic carbocycles. The maximum absolute atomic E-state index is 5.47. The Hall–Kier alpha value is -1.79. The van der Waals surface area contributed by atoms with Crippen molar-refractivity contribution < 1.29 is 0 Å². The largest absolute Gasteiger partial charge is 0.330 e.